The molecule has 6 saturated carbocycles. The third-order valence-corrected chi connectivity index (χ3v) is 18.1. The van der Waals surface area contributed by atoms with Crippen LogP contribution in [-0.4, -0.2) is 122 Å². The van der Waals surface area contributed by atoms with Crippen molar-refractivity contribution >= 4 is 23.1 Å². The number of ether oxygens (including phenoxy) is 4. The second-order valence-corrected chi connectivity index (χ2v) is 21.9. The number of carbonyl (C=O) groups excluding carboxylic acids is 4. The molecule has 0 radical (unpaired) electrons. The van der Waals surface area contributed by atoms with E-state index in [0.717, 1.165) is 0 Å². The molecule has 0 aromatic heterocycles. The number of aliphatic hydroxyl groups excluding tert-OH is 4. The van der Waals surface area contributed by atoms with Crippen LogP contribution in [0.4, 0.5) is 8.78 Å². The van der Waals surface area contributed by atoms with Gasteiger partial charge in [-0.05, 0) is 125 Å². The molecule has 6 N–H and O–H groups in total. The van der Waals surface area contributed by atoms with Crippen LogP contribution in [0.15, 0.2) is 47.6 Å². The second-order valence-electron chi connectivity index (χ2n) is 21.9. The number of aliphatic hydroxyl groups is 4. The molecule has 8 aliphatic carbocycles. The largest absolute Gasteiger partial charge is 0.412 e. The molecule has 0 spiro atoms. The topological polar surface area (TPSA) is 218 Å². The van der Waals surface area contributed by atoms with Crippen molar-refractivity contribution in [3.8, 4) is 0 Å². The number of fused-ring (bicyclic) bond motifs is 14. The number of Topliss-reactive ketones (excluding diaryl/α,β-unsaturated/α-hetero) is 2. The monoisotopic (exact) mass is 886 g/mol. The lowest BCUT2D eigenvalue weighted by Crippen LogP contribution is -2.64. The van der Waals surface area contributed by atoms with E-state index in [0.29, 0.717) is 24.0 Å². The summed E-state index contributed by atoms with van der Waals surface area (Å²) in [6, 6.07) is 0. The van der Waals surface area contributed by atoms with Gasteiger partial charge in [0.15, 0.2) is 45.9 Å². The molecule has 4 unspecified atom stereocenters. The molecule has 0 aromatic rings. The average molecular weight is 887 g/mol. The van der Waals surface area contributed by atoms with Crippen molar-refractivity contribution in [2.24, 2.45) is 57.2 Å². The maximum absolute atomic E-state index is 15.4. The molecule has 2 heterocycles. The standard InChI is InChI=1S/2C24H31FO6.H2O/c2*1-21(2)30-19-9-14-13-8-16(25)15-7-12(27)5-6-22(15,3)20(13)17(28)10-23(14,4)24(19,31-21)18(29)11-26;/h2*5-7,13-14,16-17,19-20,26,28H,8-11H2,1-4H3;1H2/t2*13-,14?,16-,17-,19+,20+,22?,23-,24+;/m00./s1. The van der Waals surface area contributed by atoms with Gasteiger partial charge in [0.05, 0.1) is 24.4 Å². The van der Waals surface area contributed by atoms with E-state index in [9.17, 15) is 39.6 Å². The molecule has 2 saturated heterocycles. The van der Waals surface area contributed by atoms with Gasteiger partial charge in [-0.2, -0.15) is 0 Å². The lowest BCUT2D eigenvalue weighted by Gasteiger charge is -2.60. The van der Waals surface area contributed by atoms with E-state index in [1.165, 1.54) is 24.3 Å². The molecule has 63 heavy (non-hydrogen) atoms. The summed E-state index contributed by atoms with van der Waals surface area (Å²) < 4.78 is 55.7. The number of alkyl halides is 2. The van der Waals surface area contributed by atoms with Crippen molar-refractivity contribution in [3.05, 3.63) is 47.6 Å². The molecular formula is C48H64F2O13. The van der Waals surface area contributed by atoms with Gasteiger partial charge < -0.3 is 44.8 Å². The minimum absolute atomic E-state index is 0. The van der Waals surface area contributed by atoms with E-state index in [4.69, 9.17) is 18.9 Å². The molecule has 0 bridgehead atoms. The quantitative estimate of drug-likeness (QED) is 0.318. The summed E-state index contributed by atoms with van der Waals surface area (Å²) in [4.78, 5) is 50.2. The van der Waals surface area contributed by atoms with Crippen LogP contribution < -0.4 is 0 Å². The molecule has 0 amide bonds. The first-order valence-electron chi connectivity index (χ1n) is 22.4. The molecular weight excluding hydrogens is 823 g/mol. The highest BCUT2D eigenvalue weighted by atomic mass is 19.1. The zero-order chi connectivity index (χ0) is 45.1. The highest BCUT2D eigenvalue weighted by Gasteiger charge is 2.79. The summed E-state index contributed by atoms with van der Waals surface area (Å²) in [5.41, 5.74) is -5.00. The minimum atomic E-state index is -1.37. The zero-order valence-electron chi connectivity index (χ0n) is 37.4. The van der Waals surface area contributed by atoms with E-state index in [-0.39, 0.29) is 78.2 Å². The number of ketones is 4. The van der Waals surface area contributed by atoms with Gasteiger partial charge in [0.1, 0.15) is 25.6 Å². The maximum Gasteiger partial charge on any atom is 0.193 e. The Balaban J connectivity index is 0.000000170. The molecule has 18 atom stereocenters. The van der Waals surface area contributed by atoms with Gasteiger partial charge >= 0.3 is 0 Å². The van der Waals surface area contributed by atoms with E-state index in [1.54, 1.807) is 39.8 Å². The molecule has 0 aromatic carbocycles. The SMILES string of the molecule is CC1(C)O[C@@H]2CC3[C@@H]4C[C@H](F)C5=CC(=O)C=CC5(C)[C@H]4[C@@H](O)C[C@]3(C)[C@]2(C(=O)CO)O1.CC1(C)O[C@@H]2CC3[C@@H]4C[C@H](F)C5=CC(=O)C=CC5(C)[C@H]4[C@@H](O)C[C@]3(C)[C@]2(C(=O)CO)O1.O. The van der Waals surface area contributed by atoms with E-state index in [1.807, 2.05) is 27.7 Å². The number of halogens is 2. The summed E-state index contributed by atoms with van der Waals surface area (Å²) >= 11 is 0. The van der Waals surface area contributed by atoms with Gasteiger partial charge in [0.25, 0.3) is 0 Å². The van der Waals surface area contributed by atoms with Crippen LogP contribution >= 0.6 is 0 Å². The fourth-order valence-electron chi connectivity index (χ4n) is 16.1. The van der Waals surface area contributed by atoms with Gasteiger partial charge in [0.2, 0.25) is 0 Å². The summed E-state index contributed by atoms with van der Waals surface area (Å²) in [5, 5.41) is 42.5. The number of allylic oxidation sites excluding steroid dienone is 8. The van der Waals surface area contributed by atoms with Crippen molar-refractivity contribution in [1.29, 1.82) is 0 Å². The summed E-state index contributed by atoms with van der Waals surface area (Å²) in [5.74, 6) is -4.55. The van der Waals surface area contributed by atoms with E-state index in [2.05, 4.69) is 0 Å². The third-order valence-electron chi connectivity index (χ3n) is 18.1. The molecule has 10 rings (SSSR count). The van der Waals surface area contributed by atoms with Gasteiger partial charge in [-0.25, -0.2) is 8.78 Å². The highest BCUT2D eigenvalue weighted by Crippen LogP contribution is 2.72. The van der Waals surface area contributed by atoms with Gasteiger partial charge in [-0.3, -0.25) is 19.2 Å². The highest BCUT2D eigenvalue weighted by molar-refractivity contribution is 6.02. The normalized spacial score (nSPS) is 51.3. The van der Waals surface area contributed by atoms with E-state index < -0.39 is 106 Å². The molecule has 13 nitrogen and oxygen atoms in total. The molecule has 2 aliphatic heterocycles. The average Bonchev–Trinajstić information content (AvgIpc) is 3.80. The van der Waals surface area contributed by atoms with Crippen molar-refractivity contribution < 1.29 is 72.8 Å². The molecule has 15 heteroatoms. The van der Waals surface area contributed by atoms with Crippen LogP contribution in [0, 0.1) is 57.2 Å². The minimum Gasteiger partial charge on any atom is -0.412 e. The van der Waals surface area contributed by atoms with Crippen molar-refractivity contribution in [1.82, 2.24) is 0 Å². The van der Waals surface area contributed by atoms with Crippen LogP contribution in [0.5, 0.6) is 0 Å². The lowest BCUT2D eigenvalue weighted by molar-refractivity contribution is -0.226. The van der Waals surface area contributed by atoms with Crippen molar-refractivity contribution in [2.75, 3.05) is 13.2 Å². The predicted molar refractivity (Wildman–Crippen MR) is 221 cm³/mol. The first kappa shape index (κ1) is 46.7. The fraction of sp³-hybridized carbons (Fsp3) is 0.750. The number of hydrogen-bond donors (Lipinski definition) is 4. The molecule has 8 fully saturated rings. The fourth-order valence-corrected chi connectivity index (χ4v) is 16.1. The second kappa shape index (κ2) is 14.6. The van der Waals surface area contributed by atoms with Crippen LogP contribution in [-0.2, 0) is 38.1 Å². The van der Waals surface area contributed by atoms with Crippen molar-refractivity contribution in [2.45, 2.75) is 153 Å². The zero-order valence-corrected chi connectivity index (χ0v) is 37.4. The predicted octanol–water partition coefficient (Wildman–Crippen LogP) is 3.72. The Hall–Kier alpha value is -2.86. The van der Waals surface area contributed by atoms with Crippen LogP contribution in [0.3, 0.4) is 0 Å². The first-order chi connectivity index (χ1) is 28.8. The number of rotatable bonds is 4. The van der Waals surface area contributed by atoms with E-state index >= 15 is 8.78 Å². The number of hydrogen-bond acceptors (Lipinski definition) is 12. The first-order valence-corrected chi connectivity index (χ1v) is 22.4. The Bertz CT molecular complexity index is 1970. The van der Waals surface area contributed by atoms with Gasteiger partial charge in [-0.1, -0.05) is 39.8 Å². The lowest BCUT2D eigenvalue weighted by atomic mass is 9.46. The van der Waals surface area contributed by atoms with Gasteiger partial charge in [0, 0.05) is 33.5 Å². The Morgan fingerprint density at radius 3 is 1.32 bits per heavy atom. The Kier molecular flexibility index (Phi) is 10.8. The summed E-state index contributed by atoms with van der Waals surface area (Å²) in [6.07, 6.45) is 5.79. The third kappa shape index (κ3) is 6.02. The van der Waals surface area contributed by atoms with Crippen molar-refractivity contribution in [3.63, 3.8) is 0 Å². The Morgan fingerprint density at radius 2 is 0.984 bits per heavy atom. The van der Waals surface area contributed by atoms with Crippen LogP contribution in [0.25, 0.3) is 0 Å². The number of carbonyl (C=O) groups is 4. The Morgan fingerprint density at radius 1 is 0.635 bits per heavy atom. The summed E-state index contributed by atoms with van der Waals surface area (Å²) in [7, 11) is 0. The smallest absolute Gasteiger partial charge is 0.193 e. The van der Waals surface area contributed by atoms with Crippen LogP contribution in [0.1, 0.15) is 93.9 Å². The summed E-state index contributed by atoms with van der Waals surface area (Å²) in [6.45, 7) is 13.3. The van der Waals surface area contributed by atoms with Crippen LogP contribution in [0.2, 0.25) is 0 Å². The molecule has 348 valence electrons. The maximum atomic E-state index is 15.4. The Labute approximate surface area is 366 Å². The molecule has 10 aliphatic rings. The van der Waals surface area contributed by atoms with Gasteiger partial charge in [-0.15, -0.1) is 0 Å².